The smallest absolute Gasteiger partial charge is 0.0854 e. The quantitative estimate of drug-likeness (QED) is 0.798. The molecule has 2 aromatic heterocycles. The van der Waals surface area contributed by atoms with Crippen molar-refractivity contribution in [1.82, 2.24) is 9.97 Å². The van der Waals surface area contributed by atoms with Crippen LogP contribution in [0.2, 0.25) is 0 Å². The molecule has 21 heavy (non-hydrogen) atoms. The zero-order valence-corrected chi connectivity index (χ0v) is 11.9. The highest BCUT2D eigenvalue weighted by atomic mass is 16.3. The van der Waals surface area contributed by atoms with Crippen molar-refractivity contribution in [2.45, 2.75) is 13.2 Å². The van der Waals surface area contributed by atoms with Gasteiger partial charge < -0.3 is 10.0 Å². The van der Waals surface area contributed by atoms with Gasteiger partial charge in [0.1, 0.15) is 0 Å². The molecule has 1 N–H and O–H groups in total. The van der Waals surface area contributed by atoms with E-state index in [9.17, 15) is 5.11 Å². The van der Waals surface area contributed by atoms with Crippen LogP contribution in [0.5, 0.6) is 0 Å². The number of hydrogen-bond acceptors (Lipinski definition) is 4. The van der Waals surface area contributed by atoms with Gasteiger partial charge in [0.05, 0.1) is 17.8 Å². The summed E-state index contributed by atoms with van der Waals surface area (Å²) in [7, 11) is 2.04. The second kappa shape index (κ2) is 5.89. The molecule has 0 saturated carbocycles. The Kier molecular flexibility index (Phi) is 3.79. The van der Waals surface area contributed by atoms with Crippen molar-refractivity contribution in [3.05, 3.63) is 66.1 Å². The van der Waals surface area contributed by atoms with Crippen LogP contribution in [0.4, 0.5) is 5.69 Å². The van der Waals surface area contributed by atoms with Crippen LogP contribution in [0.25, 0.3) is 10.9 Å². The highest BCUT2D eigenvalue weighted by Crippen LogP contribution is 2.27. The van der Waals surface area contributed by atoms with E-state index in [1.165, 1.54) is 0 Å². The Morgan fingerprint density at radius 3 is 2.76 bits per heavy atom. The number of anilines is 1. The Hall–Kier alpha value is -2.46. The van der Waals surface area contributed by atoms with Crippen LogP contribution in [0.1, 0.15) is 11.3 Å². The molecule has 0 spiro atoms. The van der Waals surface area contributed by atoms with Gasteiger partial charge in [0.15, 0.2) is 0 Å². The molecule has 4 heteroatoms. The third kappa shape index (κ3) is 2.85. The lowest BCUT2D eigenvalue weighted by Crippen LogP contribution is -2.17. The molecule has 0 amide bonds. The van der Waals surface area contributed by atoms with Gasteiger partial charge in [-0.3, -0.25) is 9.97 Å². The Labute approximate surface area is 123 Å². The van der Waals surface area contributed by atoms with E-state index >= 15 is 0 Å². The third-order valence-corrected chi connectivity index (χ3v) is 3.46. The van der Waals surface area contributed by atoms with Gasteiger partial charge >= 0.3 is 0 Å². The Morgan fingerprint density at radius 1 is 1.14 bits per heavy atom. The molecule has 0 aliphatic carbocycles. The van der Waals surface area contributed by atoms with Gasteiger partial charge in [0, 0.05) is 37.1 Å². The van der Waals surface area contributed by atoms with E-state index in [-0.39, 0.29) is 6.61 Å². The van der Waals surface area contributed by atoms with E-state index in [0.717, 1.165) is 28.7 Å². The highest BCUT2D eigenvalue weighted by Gasteiger charge is 2.09. The topological polar surface area (TPSA) is 49.2 Å². The van der Waals surface area contributed by atoms with E-state index in [1.54, 1.807) is 6.20 Å². The molecule has 2 heterocycles. The summed E-state index contributed by atoms with van der Waals surface area (Å²) in [6.45, 7) is 0.700. The Bertz CT molecular complexity index is 743. The molecule has 3 aromatic rings. The lowest BCUT2D eigenvalue weighted by Gasteiger charge is -2.21. The number of aromatic nitrogens is 2. The molecule has 0 radical (unpaired) electrons. The fourth-order valence-corrected chi connectivity index (χ4v) is 2.46. The molecule has 0 fully saturated rings. The van der Waals surface area contributed by atoms with E-state index in [2.05, 4.69) is 27.0 Å². The van der Waals surface area contributed by atoms with Gasteiger partial charge in [-0.05, 0) is 23.8 Å². The first-order chi connectivity index (χ1) is 10.3. The lowest BCUT2D eigenvalue weighted by molar-refractivity contribution is 0.277. The number of benzene rings is 1. The van der Waals surface area contributed by atoms with Gasteiger partial charge in [0.2, 0.25) is 0 Å². The number of rotatable bonds is 4. The van der Waals surface area contributed by atoms with Gasteiger partial charge in [-0.25, -0.2) is 0 Å². The fraction of sp³-hybridized carbons (Fsp3) is 0.176. The minimum Gasteiger partial charge on any atom is -0.390 e. The second-order valence-corrected chi connectivity index (χ2v) is 5.03. The summed E-state index contributed by atoms with van der Waals surface area (Å²) in [6, 6.07) is 13.9. The molecule has 0 aliphatic rings. The summed E-state index contributed by atoms with van der Waals surface area (Å²) in [6.07, 6.45) is 3.64. The summed E-state index contributed by atoms with van der Waals surface area (Å²) in [5, 5.41) is 10.5. The SMILES string of the molecule is CN(Cc1cccnc1)c1cc(CO)nc2ccccc12. The maximum atomic E-state index is 9.40. The lowest BCUT2D eigenvalue weighted by atomic mass is 10.1. The Morgan fingerprint density at radius 2 is 2.00 bits per heavy atom. The molecule has 3 rings (SSSR count). The van der Waals surface area contributed by atoms with E-state index in [4.69, 9.17) is 0 Å². The van der Waals surface area contributed by atoms with Gasteiger partial charge in [-0.2, -0.15) is 0 Å². The molecule has 0 aliphatic heterocycles. The van der Waals surface area contributed by atoms with Crippen LogP contribution in [0.15, 0.2) is 54.9 Å². The van der Waals surface area contributed by atoms with Crippen molar-refractivity contribution >= 4 is 16.6 Å². The maximum absolute atomic E-state index is 9.40. The predicted molar refractivity (Wildman–Crippen MR) is 84.0 cm³/mol. The van der Waals surface area contributed by atoms with E-state index < -0.39 is 0 Å². The number of nitrogens with zero attached hydrogens (tertiary/aromatic N) is 3. The van der Waals surface area contributed by atoms with Crippen LogP contribution >= 0.6 is 0 Å². The standard InChI is InChI=1S/C17H17N3O/c1-20(11-13-5-4-8-18-10-13)17-9-14(12-21)19-16-7-3-2-6-15(16)17/h2-10,21H,11-12H2,1H3. The van der Waals surface area contributed by atoms with E-state index in [0.29, 0.717) is 5.69 Å². The molecule has 0 unspecified atom stereocenters. The van der Waals surface area contributed by atoms with Crippen LogP contribution < -0.4 is 4.90 Å². The van der Waals surface area contributed by atoms with Crippen molar-refractivity contribution in [2.24, 2.45) is 0 Å². The number of hydrogen-bond donors (Lipinski definition) is 1. The number of fused-ring (bicyclic) bond motifs is 1. The molecule has 1 aromatic carbocycles. The normalized spacial score (nSPS) is 10.8. The van der Waals surface area contributed by atoms with Crippen molar-refractivity contribution in [2.75, 3.05) is 11.9 Å². The van der Waals surface area contributed by atoms with E-state index in [1.807, 2.05) is 43.6 Å². The van der Waals surface area contributed by atoms with Gasteiger partial charge in [-0.1, -0.05) is 24.3 Å². The average molecular weight is 279 g/mol. The van der Waals surface area contributed by atoms with Crippen molar-refractivity contribution < 1.29 is 5.11 Å². The first kappa shape index (κ1) is 13.5. The predicted octanol–water partition coefficient (Wildman–Crippen LogP) is 2.76. The maximum Gasteiger partial charge on any atom is 0.0854 e. The average Bonchev–Trinajstić information content (AvgIpc) is 2.54. The van der Waals surface area contributed by atoms with Crippen LogP contribution in [0.3, 0.4) is 0 Å². The minimum atomic E-state index is -0.0570. The number of aliphatic hydroxyl groups excluding tert-OH is 1. The third-order valence-electron chi connectivity index (χ3n) is 3.46. The summed E-state index contributed by atoms with van der Waals surface area (Å²) < 4.78 is 0. The van der Waals surface area contributed by atoms with Crippen molar-refractivity contribution in [3.8, 4) is 0 Å². The molecule has 0 bridgehead atoms. The summed E-state index contributed by atoms with van der Waals surface area (Å²) in [5.74, 6) is 0. The second-order valence-electron chi connectivity index (χ2n) is 5.03. The minimum absolute atomic E-state index is 0.0570. The van der Waals surface area contributed by atoms with Crippen molar-refractivity contribution in [3.63, 3.8) is 0 Å². The largest absolute Gasteiger partial charge is 0.390 e. The monoisotopic (exact) mass is 279 g/mol. The fourth-order valence-electron chi connectivity index (χ4n) is 2.46. The molecule has 106 valence electrons. The first-order valence-corrected chi connectivity index (χ1v) is 6.87. The molecule has 0 saturated heterocycles. The van der Waals surface area contributed by atoms with Crippen LogP contribution in [-0.2, 0) is 13.2 Å². The summed E-state index contributed by atoms with van der Waals surface area (Å²) >= 11 is 0. The van der Waals surface area contributed by atoms with Crippen LogP contribution in [-0.4, -0.2) is 22.1 Å². The summed E-state index contributed by atoms with van der Waals surface area (Å²) in [4.78, 5) is 10.8. The van der Waals surface area contributed by atoms with Crippen molar-refractivity contribution in [1.29, 1.82) is 0 Å². The molecular formula is C17H17N3O. The zero-order valence-electron chi connectivity index (χ0n) is 11.9. The number of aliphatic hydroxyl groups is 1. The first-order valence-electron chi connectivity index (χ1n) is 6.87. The molecule has 0 atom stereocenters. The molecule has 4 nitrogen and oxygen atoms in total. The number of pyridine rings is 2. The zero-order chi connectivity index (χ0) is 14.7. The molecular weight excluding hydrogens is 262 g/mol. The van der Waals surface area contributed by atoms with Gasteiger partial charge in [-0.15, -0.1) is 0 Å². The van der Waals surface area contributed by atoms with Gasteiger partial charge in [0.25, 0.3) is 0 Å². The Balaban J connectivity index is 2.02. The number of para-hydroxylation sites is 1. The summed E-state index contributed by atoms with van der Waals surface area (Å²) in [5.41, 5.74) is 3.79. The highest BCUT2D eigenvalue weighted by molar-refractivity contribution is 5.91. The van der Waals surface area contributed by atoms with Crippen LogP contribution in [0, 0.1) is 0 Å².